The van der Waals surface area contributed by atoms with Crippen molar-refractivity contribution in [3.63, 3.8) is 0 Å². The van der Waals surface area contributed by atoms with Crippen LogP contribution in [0.1, 0.15) is 35.9 Å². The summed E-state index contributed by atoms with van der Waals surface area (Å²) in [7, 11) is 4.02. The summed E-state index contributed by atoms with van der Waals surface area (Å²) in [6.45, 7) is 7.95. The molecule has 2 heterocycles. The van der Waals surface area contributed by atoms with E-state index < -0.39 is 0 Å². The first kappa shape index (κ1) is 21.0. The molecule has 7 nitrogen and oxygen atoms in total. The third kappa shape index (κ3) is 6.15. The second-order valence-electron chi connectivity index (χ2n) is 8.12. The average Bonchev–Trinajstić information content (AvgIpc) is 2.68. The summed E-state index contributed by atoms with van der Waals surface area (Å²) in [4.78, 5) is 25.9. The molecule has 2 N–H and O–H groups in total. The van der Waals surface area contributed by atoms with Gasteiger partial charge in [0, 0.05) is 43.2 Å². The second kappa shape index (κ2) is 9.69. The molecule has 1 amide bonds. The molecule has 1 saturated heterocycles. The van der Waals surface area contributed by atoms with Gasteiger partial charge < -0.3 is 20.4 Å². The number of aromatic nitrogens is 2. The Morgan fingerprint density at radius 3 is 2.52 bits per heavy atom. The fraction of sp³-hybridized carbons (Fsp3) is 0.500. The second-order valence-corrected chi connectivity index (χ2v) is 8.12. The molecule has 0 spiro atoms. The molecule has 0 atom stereocenters. The minimum atomic E-state index is -0.231. The van der Waals surface area contributed by atoms with Crippen LogP contribution < -0.4 is 15.5 Å². The van der Waals surface area contributed by atoms with Crippen molar-refractivity contribution in [1.29, 1.82) is 0 Å². The third-order valence-electron chi connectivity index (χ3n) is 5.20. The Morgan fingerprint density at radius 1 is 1.17 bits per heavy atom. The van der Waals surface area contributed by atoms with Gasteiger partial charge in [0.05, 0.1) is 0 Å². The molecule has 0 aliphatic carbocycles. The maximum Gasteiger partial charge on any atom is 0.274 e. The van der Waals surface area contributed by atoms with Gasteiger partial charge in [-0.05, 0) is 70.1 Å². The summed E-state index contributed by atoms with van der Waals surface area (Å²) in [5.41, 5.74) is 3.09. The van der Waals surface area contributed by atoms with E-state index >= 15 is 0 Å². The van der Waals surface area contributed by atoms with Gasteiger partial charge in [0.2, 0.25) is 5.95 Å². The maximum atomic E-state index is 12.7. The largest absolute Gasteiger partial charge is 0.372 e. The van der Waals surface area contributed by atoms with Crippen molar-refractivity contribution < 1.29 is 4.79 Å². The Kier molecular flexibility index (Phi) is 7.04. The highest BCUT2D eigenvalue weighted by atomic mass is 16.1. The maximum absolute atomic E-state index is 12.7. The SMILES string of the molecule is Cc1cc(C(=O)Nc2ccc(N3CCC(C)CC3)cc2)nc(NCCN(C)C)n1. The predicted octanol–water partition coefficient (Wildman–Crippen LogP) is 3.25. The van der Waals surface area contributed by atoms with Gasteiger partial charge in [0.15, 0.2) is 0 Å². The summed E-state index contributed by atoms with van der Waals surface area (Å²) in [6.07, 6.45) is 2.47. The summed E-state index contributed by atoms with van der Waals surface area (Å²) >= 11 is 0. The molecular formula is C22H32N6O. The molecule has 1 fully saturated rings. The Morgan fingerprint density at radius 2 is 1.86 bits per heavy atom. The number of anilines is 3. The van der Waals surface area contributed by atoms with Crippen molar-refractivity contribution in [2.24, 2.45) is 5.92 Å². The predicted molar refractivity (Wildman–Crippen MR) is 119 cm³/mol. The molecule has 2 aromatic rings. The molecule has 156 valence electrons. The molecule has 1 aliphatic rings. The Bertz CT molecular complexity index is 813. The number of amides is 1. The molecule has 0 radical (unpaired) electrons. The highest BCUT2D eigenvalue weighted by Gasteiger charge is 2.16. The van der Waals surface area contributed by atoms with Crippen LogP contribution in [-0.2, 0) is 0 Å². The normalized spacial score (nSPS) is 14.9. The van der Waals surface area contributed by atoms with E-state index in [2.05, 4.69) is 49.5 Å². The van der Waals surface area contributed by atoms with Crippen molar-refractivity contribution in [1.82, 2.24) is 14.9 Å². The van der Waals surface area contributed by atoms with E-state index in [1.165, 1.54) is 18.5 Å². The molecular weight excluding hydrogens is 364 g/mol. The van der Waals surface area contributed by atoms with Gasteiger partial charge in [-0.2, -0.15) is 0 Å². The third-order valence-corrected chi connectivity index (χ3v) is 5.20. The minimum Gasteiger partial charge on any atom is -0.372 e. The lowest BCUT2D eigenvalue weighted by Crippen LogP contribution is -2.32. The highest BCUT2D eigenvalue weighted by Crippen LogP contribution is 2.24. The van der Waals surface area contributed by atoms with Crippen LogP contribution >= 0.6 is 0 Å². The lowest BCUT2D eigenvalue weighted by Gasteiger charge is -2.32. The molecule has 1 aromatic carbocycles. The van der Waals surface area contributed by atoms with Gasteiger partial charge in [-0.25, -0.2) is 9.97 Å². The van der Waals surface area contributed by atoms with Gasteiger partial charge in [0.1, 0.15) is 5.69 Å². The number of hydrogen-bond acceptors (Lipinski definition) is 6. The van der Waals surface area contributed by atoms with E-state index in [4.69, 9.17) is 0 Å². The van der Waals surface area contributed by atoms with Crippen LogP contribution in [0.3, 0.4) is 0 Å². The Hall–Kier alpha value is -2.67. The quantitative estimate of drug-likeness (QED) is 0.748. The van der Waals surface area contributed by atoms with E-state index in [0.717, 1.165) is 36.9 Å². The smallest absolute Gasteiger partial charge is 0.274 e. The first-order chi connectivity index (χ1) is 13.9. The van der Waals surface area contributed by atoms with Gasteiger partial charge >= 0.3 is 0 Å². The van der Waals surface area contributed by atoms with Crippen LogP contribution in [0.5, 0.6) is 0 Å². The number of carbonyl (C=O) groups is 1. The van der Waals surface area contributed by atoms with E-state index in [9.17, 15) is 4.79 Å². The number of hydrogen-bond donors (Lipinski definition) is 2. The zero-order valence-corrected chi connectivity index (χ0v) is 17.9. The van der Waals surface area contributed by atoms with Gasteiger partial charge in [0.25, 0.3) is 5.91 Å². The average molecular weight is 397 g/mol. The number of rotatable bonds is 7. The highest BCUT2D eigenvalue weighted by molar-refractivity contribution is 6.03. The van der Waals surface area contributed by atoms with Crippen molar-refractivity contribution in [3.8, 4) is 0 Å². The lowest BCUT2D eigenvalue weighted by atomic mass is 9.99. The Labute approximate surface area is 173 Å². The van der Waals surface area contributed by atoms with E-state index in [0.29, 0.717) is 18.2 Å². The van der Waals surface area contributed by atoms with Gasteiger partial charge in [-0.3, -0.25) is 4.79 Å². The monoisotopic (exact) mass is 396 g/mol. The fourth-order valence-electron chi connectivity index (χ4n) is 3.37. The summed E-state index contributed by atoms with van der Waals surface area (Å²) < 4.78 is 0. The van der Waals surface area contributed by atoms with Crippen molar-refractivity contribution in [2.75, 3.05) is 55.8 Å². The standard InChI is InChI=1S/C22H32N6O/c1-16-9-12-28(13-10-16)19-7-5-18(6-8-19)25-21(29)20-15-17(2)24-22(26-20)23-11-14-27(3)4/h5-8,15-16H,9-14H2,1-4H3,(H,25,29)(H,23,24,26). The lowest BCUT2D eigenvalue weighted by molar-refractivity contribution is 0.102. The molecule has 0 unspecified atom stereocenters. The molecule has 1 aliphatic heterocycles. The minimum absolute atomic E-state index is 0.231. The summed E-state index contributed by atoms with van der Waals surface area (Å²) in [5, 5.41) is 6.11. The number of aryl methyl sites for hydroxylation is 1. The molecule has 7 heteroatoms. The first-order valence-electron chi connectivity index (χ1n) is 10.3. The Balaban J connectivity index is 1.61. The number of nitrogens with zero attached hydrogens (tertiary/aromatic N) is 4. The first-order valence-corrected chi connectivity index (χ1v) is 10.3. The molecule has 0 saturated carbocycles. The number of benzene rings is 1. The number of likely N-dealkylation sites (N-methyl/N-ethyl adjacent to an activating group) is 1. The summed E-state index contributed by atoms with van der Waals surface area (Å²) in [5.74, 6) is 1.06. The van der Waals surface area contributed by atoms with Crippen LogP contribution in [0.15, 0.2) is 30.3 Å². The summed E-state index contributed by atoms with van der Waals surface area (Å²) in [6, 6.07) is 9.76. The van der Waals surface area contributed by atoms with Crippen LogP contribution in [0.4, 0.5) is 17.3 Å². The van der Waals surface area contributed by atoms with Gasteiger partial charge in [-0.1, -0.05) is 6.92 Å². The van der Waals surface area contributed by atoms with Crippen LogP contribution in [0, 0.1) is 12.8 Å². The van der Waals surface area contributed by atoms with Crippen LogP contribution in [-0.4, -0.2) is 61.0 Å². The number of carbonyl (C=O) groups excluding carboxylic acids is 1. The van der Waals surface area contributed by atoms with E-state index in [-0.39, 0.29) is 5.91 Å². The molecule has 3 rings (SSSR count). The van der Waals surface area contributed by atoms with Crippen molar-refractivity contribution in [3.05, 3.63) is 41.7 Å². The number of piperidine rings is 1. The number of nitrogens with one attached hydrogen (secondary N) is 2. The topological polar surface area (TPSA) is 73.4 Å². The van der Waals surface area contributed by atoms with Crippen molar-refractivity contribution in [2.45, 2.75) is 26.7 Å². The fourth-order valence-corrected chi connectivity index (χ4v) is 3.37. The zero-order chi connectivity index (χ0) is 20.8. The van der Waals surface area contributed by atoms with E-state index in [1.54, 1.807) is 6.07 Å². The van der Waals surface area contributed by atoms with Gasteiger partial charge in [-0.15, -0.1) is 0 Å². The van der Waals surface area contributed by atoms with Crippen LogP contribution in [0.2, 0.25) is 0 Å². The molecule has 1 aromatic heterocycles. The van der Waals surface area contributed by atoms with E-state index in [1.807, 2.05) is 33.2 Å². The van der Waals surface area contributed by atoms with Crippen LogP contribution in [0.25, 0.3) is 0 Å². The van der Waals surface area contributed by atoms with Crippen molar-refractivity contribution >= 4 is 23.2 Å². The zero-order valence-electron chi connectivity index (χ0n) is 17.9. The molecule has 29 heavy (non-hydrogen) atoms. The molecule has 0 bridgehead atoms.